The third kappa shape index (κ3) is 3.84. The molecule has 0 aliphatic rings. The van der Waals surface area contributed by atoms with E-state index in [0.29, 0.717) is 5.02 Å². The van der Waals surface area contributed by atoms with Gasteiger partial charge in [-0.05, 0) is 24.3 Å². The maximum Gasteiger partial charge on any atom is 0.149 e. The van der Waals surface area contributed by atoms with Crippen molar-refractivity contribution in [3.63, 3.8) is 0 Å². The number of aliphatic hydroxyl groups is 1. The largest absolute Gasteiger partial charge is 0.481 e. The number of ether oxygens (including phenoxy) is 1. The average Bonchev–Trinajstić information content (AvgIpc) is 2.15. The fraction of sp³-hybridized carbons (Fsp3) is 0.200. The third-order valence-electron chi connectivity index (χ3n) is 1.33. The SMILES string of the molecule is OCC#CCOc1ccc(Cl)cc1. The summed E-state index contributed by atoms with van der Waals surface area (Å²) in [5.74, 6) is 5.85. The van der Waals surface area contributed by atoms with Crippen LogP contribution in [0, 0.1) is 11.8 Å². The van der Waals surface area contributed by atoms with Crippen LogP contribution < -0.4 is 4.74 Å². The molecule has 0 heterocycles. The van der Waals surface area contributed by atoms with Gasteiger partial charge < -0.3 is 9.84 Å². The molecule has 0 spiro atoms. The Morgan fingerprint density at radius 2 is 1.92 bits per heavy atom. The number of halogens is 1. The highest BCUT2D eigenvalue weighted by molar-refractivity contribution is 6.30. The van der Waals surface area contributed by atoms with Gasteiger partial charge in [-0.2, -0.15) is 0 Å². The summed E-state index contributed by atoms with van der Waals surface area (Å²) in [7, 11) is 0. The number of hydrogen-bond donors (Lipinski definition) is 1. The average molecular weight is 197 g/mol. The minimum Gasteiger partial charge on any atom is -0.481 e. The molecule has 1 aromatic rings. The summed E-state index contributed by atoms with van der Waals surface area (Å²) in [6.07, 6.45) is 0. The van der Waals surface area contributed by atoms with Crippen LogP contribution in [0.1, 0.15) is 0 Å². The Hall–Kier alpha value is -1.17. The smallest absolute Gasteiger partial charge is 0.149 e. The van der Waals surface area contributed by atoms with E-state index in [4.69, 9.17) is 21.4 Å². The highest BCUT2D eigenvalue weighted by Crippen LogP contribution is 2.14. The van der Waals surface area contributed by atoms with E-state index in [9.17, 15) is 0 Å². The molecule has 0 aliphatic carbocycles. The molecule has 1 aromatic carbocycles. The molecule has 13 heavy (non-hydrogen) atoms. The number of rotatable bonds is 2. The van der Waals surface area contributed by atoms with Crippen molar-refractivity contribution in [2.45, 2.75) is 0 Å². The van der Waals surface area contributed by atoms with Crippen LogP contribution in [-0.2, 0) is 0 Å². The van der Waals surface area contributed by atoms with Gasteiger partial charge >= 0.3 is 0 Å². The normalized spacial score (nSPS) is 8.77. The third-order valence-corrected chi connectivity index (χ3v) is 1.58. The van der Waals surface area contributed by atoms with Crippen molar-refractivity contribution in [1.29, 1.82) is 0 Å². The summed E-state index contributed by atoms with van der Waals surface area (Å²) in [5, 5.41) is 9.03. The maximum atomic E-state index is 8.35. The summed E-state index contributed by atoms with van der Waals surface area (Å²) in [5.41, 5.74) is 0. The molecule has 0 atom stereocenters. The molecule has 0 radical (unpaired) electrons. The first-order valence-electron chi connectivity index (χ1n) is 3.78. The lowest BCUT2D eigenvalue weighted by Gasteiger charge is -2.00. The van der Waals surface area contributed by atoms with Crippen LogP contribution in [0.15, 0.2) is 24.3 Å². The molecule has 0 unspecified atom stereocenters. The molecular weight excluding hydrogens is 188 g/mol. The van der Waals surface area contributed by atoms with Crippen LogP contribution >= 0.6 is 11.6 Å². The molecule has 68 valence electrons. The molecule has 0 amide bonds. The lowest BCUT2D eigenvalue weighted by atomic mass is 10.3. The molecule has 1 N–H and O–H groups in total. The van der Waals surface area contributed by atoms with Gasteiger partial charge in [-0.15, -0.1) is 0 Å². The van der Waals surface area contributed by atoms with Gasteiger partial charge in [-0.25, -0.2) is 0 Å². The van der Waals surface area contributed by atoms with E-state index in [2.05, 4.69) is 11.8 Å². The Balaban J connectivity index is 2.41. The lowest BCUT2D eigenvalue weighted by molar-refractivity contribution is 0.347. The summed E-state index contributed by atoms with van der Waals surface area (Å²) < 4.78 is 5.22. The fourth-order valence-electron chi connectivity index (χ4n) is 0.757. The van der Waals surface area contributed by atoms with Crippen molar-refractivity contribution in [3.8, 4) is 17.6 Å². The second kappa shape index (κ2) is 5.47. The lowest BCUT2D eigenvalue weighted by Crippen LogP contribution is -1.93. The zero-order chi connectivity index (χ0) is 9.52. The van der Waals surface area contributed by atoms with E-state index in [0.717, 1.165) is 5.75 Å². The van der Waals surface area contributed by atoms with E-state index in [1.54, 1.807) is 24.3 Å². The van der Waals surface area contributed by atoms with Gasteiger partial charge in [0.25, 0.3) is 0 Å². The van der Waals surface area contributed by atoms with Crippen molar-refractivity contribution in [2.75, 3.05) is 13.2 Å². The number of hydrogen-bond acceptors (Lipinski definition) is 2. The molecule has 3 heteroatoms. The van der Waals surface area contributed by atoms with Crippen LogP contribution in [0.25, 0.3) is 0 Å². The first-order valence-corrected chi connectivity index (χ1v) is 4.15. The Bertz CT molecular complexity index is 308. The molecule has 0 bridgehead atoms. The quantitative estimate of drug-likeness (QED) is 0.730. The fourth-order valence-corrected chi connectivity index (χ4v) is 0.883. The van der Waals surface area contributed by atoms with Gasteiger partial charge in [-0.3, -0.25) is 0 Å². The molecule has 0 saturated heterocycles. The molecule has 1 rings (SSSR count). The van der Waals surface area contributed by atoms with Crippen molar-refractivity contribution in [2.24, 2.45) is 0 Å². The highest BCUT2D eigenvalue weighted by atomic mass is 35.5. The van der Waals surface area contributed by atoms with Gasteiger partial charge in [0.05, 0.1) is 0 Å². The van der Waals surface area contributed by atoms with E-state index in [1.165, 1.54) is 0 Å². The van der Waals surface area contributed by atoms with Gasteiger partial charge in [0.1, 0.15) is 19.0 Å². The maximum absolute atomic E-state index is 8.35. The predicted octanol–water partition coefficient (Wildman–Crippen LogP) is 1.71. The molecule has 0 fully saturated rings. The number of benzene rings is 1. The summed E-state index contributed by atoms with van der Waals surface area (Å²) >= 11 is 5.68. The minimum atomic E-state index is -0.135. The minimum absolute atomic E-state index is 0.135. The standard InChI is InChI=1S/C10H9ClO2/c11-9-3-5-10(6-4-9)13-8-2-1-7-12/h3-6,12H,7-8H2. The topological polar surface area (TPSA) is 29.5 Å². The van der Waals surface area contributed by atoms with Gasteiger partial charge in [0.2, 0.25) is 0 Å². The molecule has 0 aromatic heterocycles. The summed E-state index contributed by atoms with van der Waals surface area (Å²) in [6, 6.07) is 7.03. The zero-order valence-electron chi connectivity index (χ0n) is 6.96. The van der Waals surface area contributed by atoms with E-state index >= 15 is 0 Å². The van der Waals surface area contributed by atoms with Crippen LogP contribution in [0.4, 0.5) is 0 Å². The van der Waals surface area contributed by atoms with Crippen molar-refractivity contribution >= 4 is 11.6 Å². The van der Waals surface area contributed by atoms with Crippen LogP contribution in [-0.4, -0.2) is 18.3 Å². The Labute approximate surface area is 82.1 Å². The second-order valence-corrected chi connectivity index (χ2v) is 2.69. The number of aliphatic hydroxyl groups excluding tert-OH is 1. The van der Waals surface area contributed by atoms with E-state index < -0.39 is 0 Å². The van der Waals surface area contributed by atoms with Crippen molar-refractivity contribution in [1.82, 2.24) is 0 Å². The molecular formula is C10H9ClO2. The summed E-state index contributed by atoms with van der Waals surface area (Å²) in [6.45, 7) is 0.145. The Morgan fingerprint density at radius 3 is 2.54 bits per heavy atom. The van der Waals surface area contributed by atoms with E-state index in [-0.39, 0.29) is 13.2 Å². The summed E-state index contributed by atoms with van der Waals surface area (Å²) in [4.78, 5) is 0. The van der Waals surface area contributed by atoms with Crippen LogP contribution in [0.3, 0.4) is 0 Å². The zero-order valence-corrected chi connectivity index (χ0v) is 7.71. The van der Waals surface area contributed by atoms with Crippen LogP contribution in [0.2, 0.25) is 5.02 Å². The first-order chi connectivity index (χ1) is 6.33. The molecule has 2 nitrogen and oxygen atoms in total. The molecule has 0 saturated carbocycles. The van der Waals surface area contributed by atoms with Gasteiger partial charge in [-0.1, -0.05) is 23.4 Å². The van der Waals surface area contributed by atoms with Gasteiger partial charge in [0.15, 0.2) is 0 Å². The predicted molar refractivity (Wildman–Crippen MR) is 51.8 cm³/mol. The van der Waals surface area contributed by atoms with Crippen LogP contribution in [0.5, 0.6) is 5.75 Å². The monoisotopic (exact) mass is 196 g/mol. The highest BCUT2D eigenvalue weighted by Gasteiger charge is 1.90. The van der Waals surface area contributed by atoms with Crippen molar-refractivity contribution < 1.29 is 9.84 Å². The Morgan fingerprint density at radius 1 is 1.23 bits per heavy atom. The molecule has 0 aliphatic heterocycles. The van der Waals surface area contributed by atoms with Crippen molar-refractivity contribution in [3.05, 3.63) is 29.3 Å². The second-order valence-electron chi connectivity index (χ2n) is 2.25. The Kier molecular flexibility index (Phi) is 4.17. The van der Waals surface area contributed by atoms with Gasteiger partial charge in [0, 0.05) is 5.02 Å². The van der Waals surface area contributed by atoms with E-state index in [1.807, 2.05) is 0 Å². The first kappa shape index (κ1) is 9.91.